The number of hydrogen-bond donors (Lipinski definition) is 0. The van der Waals surface area contributed by atoms with E-state index in [1.54, 1.807) is 6.92 Å². The Morgan fingerprint density at radius 1 is 1.29 bits per heavy atom. The lowest BCUT2D eigenvalue weighted by atomic mass is 10.2. The summed E-state index contributed by atoms with van der Waals surface area (Å²) in [6, 6.07) is 1.30. The smallest absolute Gasteiger partial charge is 0.343 e. The summed E-state index contributed by atoms with van der Waals surface area (Å²) >= 11 is 0. The van der Waals surface area contributed by atoms with E-state index in [2.05, 4.69) is 9.88 Å². The number of esters is 1. The van der Waals surface area contributed by atoms with Gasteiger partial charge in [0.1, 0.15) is 16.6 Å². The molecule has 2 aliphatic rings. The number of likely N-dealkylation sites (N-methyl/N-ethyl adjacent to an activating group) is 1. The molecule has 10 heteroatoms. The van der Waals surface area contributed by atoms with E-state index in [0.29, 0.717) is 45.8 Å². The van der Waals surface area contributed by atoms with Crippen molar-refractivity contribution in [2.45, 2.75) is 31.3 Å². The predicted molar refractivity (Wildman–Crippen MR) is 101 cm³/mol. The van der Waals surface area contributed by atoms with Crippen LogP contribution in [0.1, 0.15) is 30.6 Å². The van der Waals surface area contributed by atoms with E-state index in [-0.39, 0.29) is 29.0 Å². The Labute approximate surface area is 165 Å². The molecule has 3 heterocycles. The van der Waals surface area contributed by atoms with Crippen LogP contribution in [0.15, 0.2) is 17.2 Å². The van der Waals surface area contributed by atoms with E-state index in [1.807, 2.05) is 6.92 Å². The first-order valence-corrected chi connectivity index (χ1v) is 11.0. The summed E-state index contributed by atoms with van der Waals surface area (Å²) in [5.74, 6) is -0.583. The van der Waals surface area contributed by atoms with Gasteiger partial charge >= 0.3 is 5.97 Å². The minimum Gasteiger partial charge on any atom is -0.471 e. The summed E-state index contributed by atoms with van der Waals surface area (Å²) in [6.45, 7) is 7.94. The van der Waals surface area contributed by atoms with E-state index < -0.39 is 16.0 Å². The van der Waals surface area contributed by atoms with Crippen molar-refractivity contribution in [1.82, 2.24) is 14.2 Å². The molecule has 0 saturated carbocycles. The summed E-state index contributed by atoms with van der Waals surface area (Å²) in [6.07, 6.45) is 1.71. The lowest BCUT2D eigenvalue weighted by molar-refractivity contribution is 0.0515. The highest BCUT2D eigenvalue weighted by Gasteiger charge is 2.31. The highest BCUT2D eigenvalue weighted by Crippen LogP contribution is 2.25. The van der Waals surface area contributed by atoms with E-state index in [1.165, 1.54) is 16.6 Å². The Morgan fingerprint density at radius 3 is 2.64 bits per heavy atom. The number of rotatable bonds is 7. The monoisotopic (exact) mass is 413 g/mol. The summed E-state index contributed by atoms with van der Waals surface area (Å²) in [7, 11) is -3.75. The van der Waals surface area contributed by atoms with E-state index >= 15 is 0 Å². The molecule has 0 bridgehead atoms. The Balaban J connectivity index is 1.86. The van der Waals surface area contributed by atoms with Crippen molar-refractivity contribution in [3.8, 4) is 5.88 Å². The van der Waals surface area contributed by atoms with Crippen molar-refractivity contribution in [3.05, 3.63) is 17.8 Å². The molecule has 9 nitrogen and oxygen atoms in total. The van der Waals surface area contributed by atoms with Crippen molar-refractivity contribution in [2.75, 3.05) is 52.5 Å². The molecule has 3 rings (SSSR count). The highest BCUT2D eigenvalue weighted by atomic mass is 32.2. The fraction of sp³-hybridized carbons (Fsp3) is 0.667. The molecule has 2 aliphatic heterocycles. The standard InChI is InChI=1S/C18H27N3O6S/c1-3-20-6-8-21(9-7-20)28(23,24)15-11-16(18(22)26-4-2)17(19-12-15)27-14-5-10-25-13-14/h11-12,14H,3-10,13H2,1-2H3/t14-/m0/s1. The number of hydrogen-bond acceptors (Lipinski definition) is 8. The first-order valence-electron chi connectivity index (χ1n) is 9.59. The zero-order valence-corrected chi connectivity index (χ0v) is 17.1. The summed E-state index contributed by atoms with van der Waals surface area (Å²) in [5.41, 5.74) is 0.0158. The van der Waals surface area contributed by atoms with Gasteiger partial charge in [0, 0.05) is 32.6 Å². The second kappa shape index (κ2) is 9.17. The molecule has 0 spiro atoms. The Hall–Kier alpha value is -1.75. The maximum Gasteiger partial charge on any atom is 0.343 e. The molecule has 28 heavy (non-hydrogen) atoms. The highest BCUT2D eigenvalue weighted by molar-refractivity contribution is 7.89. The largest absolute Gasteiger partial charge is 0.471 e. The van der Waals surface area contributed by atoms with Gasteiger partial charge in [0.2, 0.25) is 15.9 Å². The number of piperazine rings is 1. The molecule has 1 atom stereocenters. The van der Waals surface area contributed by atoms with Crippen molar-refractivity contribution >= 4 is 16.0 Å². The summed E-state index contributed by atoms with van der Waals surface area (Å²) in [5, 5.41) is 0. The first kappa shape index (κ1) is 21.0. The van der Waals surface area contributed by atoms with E-state index in [0.717, 1.165) is 6.54 Å². The molecule has 1 aromatic heterocycles. The molecular weight excluding hydrogens is 386 g/mol. The first-order chi connectivity index (χ1) is 13.5. The zero-order valence-electron chi connectivity index (χ0n) is 16.3. The third kappa shape index (κ3) is 4.62. The third-order valence-corrected chi connectivity index (χ3v) is 6.77. The average molecular weight is 413 g/mol. The van der Waals surface area contributed by atoms with Crippen LogP contribution in [0, 0.1) is 0 Å². The van der Waals surface area contributed by atoms with Crippen LogP contribution in [-0.2, 0) is 19.5 Å². The fourth-order valence-corrected chi connectivity index (χ4v) is 4.62. The molecule has 0 N–H and O–H groups in total. The zero-order chi connectivity index (χ0) is 20.1. The third-order valence-electron chi connectivity index (χ3n) is 4.90. The molecule has 0 aliphatic carbocycles. The van der Waals surface area contributed by atoms with Gasteiger partial charge in [-0.2, -0.15) is 4.31 Å². The van der Waals surface area contributed by atoms with Gasteiger partial charge in [-0.05, 0) is 19.5 Å². The number of aromatic nitrogens is 1. The van der Waals surface area contributed by atoms with Gasteiger partial charge in [-0.3, -0.25) is 0 Å². The maximum absolute atomic E-state index is 13.0. The molecule has 2 saturated heterocycles. The van der Waals surface area contributed by atoms with Gasteiger partial charge in [0.25, 0.3) is 0 Å². The van der Waals surface area contributed by atoms with Crippen molar-refractivity contribution in [2.24, 2.45) is 0 Å². The van der Waals surface area contributed by atoms with Crippen molar-refractivity contribution < 1.29 is 27.4 Å². The second-order valence-corrected chi connectivity index (χ2v) is 8.62. The Bertz CT molecular complexity index is 787. The lowest BCUT2D eigenvalue weighted by Gasteiger charge is -2.33. The van der Waals surface area contributed by atoms with Gasteiger partial charge in [0.15, 0.2) is 0 Å². The van der Waals surface area contributed by atoms with Gasteiger partial charge in [-0.25, -0.2) is 18.2 Å². The summed E-state index contributed by atoms with van der Waals surface area (Å²) < 4.78 is 43.6. The van der Waals surface area contributed by atoms with Crippen LogP contribution >= 0.6 is 0 Å². The Kier molecular flexibility index (Phi) is 6.86. The molecular formula is C18H27N3O6S. The summed E-state index contributed by atoms with van der Waals surface area (Å²) in [4.78, 5) is 18.7. The van der Waals surface area contributed by atoms with Gasteiger partial charge in [-0.15, -0.1) is 0 Å². The number of carbonyl (C=O) groups is 1. The van der Waals surface area contributed by atoms with Crippen LogP contribution in [0.2, 0.25) is 0 Å². The predicted octanol–water partition coefficient (Wildman–Crippen LogP) is 0.752. The molecule has 0 aromatic carbocycles. The quantitative estimate of drug-likeness (QED) is 0.604. The molecule has 2 fully saturated rings. The van der Waals surface area contributed by atoms with Crippen LogP contribution in [0.5, 0.6) is 5.88 Å². The van der Waals surface area contributed by atoms with Gasteiger partial charge in [-0.1, -0.05) is 6.92 Å². The van der Waals surface area contributed by atoms with E-state index in [4.69, 9.17) is 14.2 Å². The van der Waals surface area contributed by atoms with Crippen LogP contribution in [0.25, 0.3) is 0 Å². The topological polar surface area (TPSA) is 98.3 Å². The van der Waals surface area contributed by atoms with Crippen LogP contribution in [-0.4, -0.2) is 87.2 Å². The number of ether oxygens (including phenoxy) is 3. The number of carbonyl (C=O) groups excluding carboxylic acids is 1. The van der Waals surface area contributed by atoms with Gasteiger partial charge in [0.05, 0.1) is 26.0 Å². The lowest BCUT2D eigenvalue weighted by Crippen LogP contribution is -2.48. The van der Waals surface area contributed by atoms with Crippen molar-refractivity contribution in [3.63, 3.8) is 0 Å². The minimum atomic E-state index is -3.75. The van der Waals surface area contributed by atoms with Crippen molar-refractivity contribution in [1.29, 1.82) is 0 Å². The molecule has 156 valence electrons. The Morgan fingerprint density at radius 2 is 2.04 bits per heavy atom. The van der Waals surface area contributed by atoms with Crippen LogP contribution < -0.4 is 4.74 Å². The second-order valence-electron chi connectivity index (χ2n) is 6.69. The normalized spacial score (nSPS) is 21.6. The molecule has 0 unspecified atom stereocenters. The van der Waals surface area contributed by atoms with E-state index in [9.17, 15) is 13.2 Å². The maximum atomic E-state index is 13.0. The fourth-order valence-electron chi connectivity index (χ4n) is 3.22. The van der Waals surface area contributed by atoms with Crippen LogP contribution in [0.3, 0.4) is 0 Å². The number of sulfonamides is 1. The number of pyridine rings is 1. The average Bonchev–Trinajstić information content (AvgIpc) is 3.21. The SMILES string of the molecule is CCOC(=O)c1cc(S(=O)(=O)N2CCN(CC)CC2)cnc1O[C@H]1CCOC1. The molecule has 0 radical (unpaired) electrons. The van der Waals surface area contributed by atoms with Gasteiger partial charge < -0.3 is 19.1 Å². The molecule has 0 amide bonds. The molecule has 1 aromatic rings. The number of nitrogens with zero attached hydrogens (tertiary/aromatic N) is 3. The van der Waals surface area contributed by atoms with Crippen LogP contribution in [0.4, 0.5) is 0 Å². The minimum absolute atomic E-state index is 0.0158.